The molecule has 1 aliphatic rings. The third-order valence-electron chi connectivity index (χ3n) is 4.82. The average molecular weight is 459 g/mol. The molecule has 1 amide bonds. The van der Waals surface area contributed by atoms with Crippen molar-refractivity contribution in [1.29, 1.82) is 0 Å². The fourth-order valence-corrected chi connectivity index (χ4v) is 5.62. The van der Waals surface area contributed by atoms with Gasteiger partial charge in [0.15, 0.2) is 0 Å². The van der Waals surface area contributed by atoms with Crippen molar-refractivity contribution in [3.05, 3.63) is 45.7 Å². The molecular formula is C19H24Cl2N4O3S. The normalized spacial score (nSPS) is 15.4. The lowest BCUT2D eigenvalue weighted by Gasteiger charge is -2.26. The number of nitrogens with one attached hydrogen (secondary N) is 1. The number of rotatable bonds is 7. The van der Waals surface area contributed by atoms with Crippen molar-refractivity contribution < 1.29 is 13.2 Å². The first-order valence-corrected chi connectivity index (χ1v) is 11.8. The number of aromatic nitrogens is 2. The Labute approximate surface area is 181 Å². The molecule has 1 N–H and O–H groups in total. The van der Waals surface area contributed by atoms with Crippen LogP contribution in [-0.2, 0) is 16.6 Å². The fraction of sp³-hybridized carbons (Fsp3) is 0.474. The van der Waals surface area contributed by atoms with E-state index in [2.05, 4.69) is 10.4 Å². The molecule has 29 heavy (non-hydrogen) atoms. The van der Waals surface area contributed by atoms with Gasteiger partial charge < -0.3 is 5.32 Å². The first-order valence-electron chi connectivity index (χ1n) is 9.56. The van der Waals surface area contributed by atoms with Gasteiger partial charge in [-0.05, 0) is 44.4 Å². The highest BCUT2D eigenvalue weighted by molar-refractivity contribution is 7.89. The molecule has 1 fully saturated rings. The van der Waals surface area contributed by atoms with Gasteiger partial charge >= 0.3 is 0 Å². The van der Waals surface area contributed by atoms with Gasteiger partial charge in [0.25, 0.3) is 5.91 Å². The monoisotopic (exact) mass is 458 g/mol. The molecule has 10 heteroatoms. The number of sulfonamides is 1. The molecule has 7 nitrogen and oxygen atoms in total. The summed E-state index contributed by atoms with van der Waals surface area (Å²) in [7, 11) is -3.77. The van der Waals surface area contributed by atoms with Crippen molar-refractivity contribution in [2.75, 3.05) is 19.6 Å². The van der Waals surface area contributed by atoms with Crippen LogP contribution in [0.2, 0.25) is 10.0 Å². The van der Waals surface area contributed by atoms with Crippen LogP contribution in [0, 0.1) is 6.92 Å². The Morgan fingerprint density at radius 1 is 1.17 bits per heavy atom. The second kappa shape index (κ2) is 9.47. The third-order valence-corrected chi connectivity index (χ3v) is 7.50. The van der Waals surface area contributed by atoms with Crippen LogP contribution in [0.25, 0.3) is 0 Å². The Morgan fingerprint density at radius 2 is 1.90 bits per heavy atom. The number of benzene rings is 1. The number of hydrogen-bond acceptors (Lipinski definition) is 4. The Bertz CT molecular complexity index is 985. The van der Waals surface area contributed by atoms with E-state index < -0.39 is 15.9 Å². The highest BCUT2D eigenvalue weighted by Crippen LogP contribution is 2.31. The zero-order chi connectivity index (χ0) is 21.0. The lowest BCUT2D eigenvalue weighted by Crippen LogP contribution is -2.36. The maximum atomic E-state index is 13.0. The summed E-state index contributed by atoms with van der Waals surface area (Å²) in [6.07, 6.45) is 5.19. The summed E-state index contributed by atoms with van der Waals surface area (Å²) in [6, 6.07) is 4.51. The minimum atomic E-state index is -3.77. The van der Waals surface area contributed by atoms with E-state index in [0.29, 0.717) is 32.6 Å². The minimum absolute atomic E-state index is 0.0196. The molecular weight excluding hydrogens is 435 g/mol. The van der Waals surface area contributed by atoms with E-state index in [9.17, 15) is 13.2 Å². The average Bonchev–Trinajstić information content (AvgIpc) is 3.10. The third kappa shape index (κ3) is 5.31. The lowest BCUT2D eigenvalue weighted by atomic mass is 10.2. The highest BCUT2D eigenvalue weighted by Gasteiger charge is 2.29. The summed E-state index contributed by atoms with van der Waals surface area (Å²) >= 11 is 12.4. The van der Waals surface area contributed by atoms with Gasteiger partial charge in [-0.2, -0.15) is 9.40 Å². The summed E-state index contributed by atoms with van der Waals surface area (Å²) in [5, 5.41) is 7.21. The van der Waals surface area contributed by atoms with Crippen LogP contribution in [0.1, 0.15) is 41.7 Å². The fourth-order valence-electron chi connectivity index (χ4n) is 3.27. The molecule has 0 saturated carbocycles. The molecule has 2 aromatic rings. The smallest absolute Gasteiger partial charge is 0.252 e. The minimum Gasteiger partial charge on any atom is -0.352 e. The number of nitrogens with zero attached hydrogens (tertiary/aromatic N) is 3. The summed E-state index contributed by atoms with van der Waals surface area (Å²) in [4.78, 5) is 12.5. The lowest BCUT2D eigenvalue weighted by molar-refractivity contribution is 0.0952. The molecule has 0 aliphatic carbocycles. The van der Waals surface area contributed by atoms with Gasteiger partial charge in [-0.25, -0.2) is 8.42 Å². The molecule has 0 atom stereocenters. The standard InChI is InChI=1S/C19H24Cl2N4O3S/c1-14-6-11-24(23-14)8-5-7-22-19(26)15-12-18(17(21)13-16(15)20)29(27,28)25-9-3-2-4-10-25/h6,11-13H,2-5,7-10H2,1H3,(H,22,26). The number of halogens is 2. The number of carbonyl (C=O) groups excluding carboxylic acids is 1. The Kier molecular flexibility index (Phi) is 7.21. The summed E-state index contributed by atoms with van der Waals surface area (Å²) in [5.41, 5.74) is 1.03. The van der Waals surface area contributed by atoms with Gasteiger partial charge in [-0.1, -0.05) is 29.6 Å². The predicted molar refractivity (Wildman–Crippen MR) is 113 cm³/mol. The van der Waals surface area contributed by atoms with Gasteiger partial charge in [0.05, 0.1) is 21.3 Å². The Balaban J connectivity index is 1.70. The molecule has 3 rings (SSSR count). The van der Waals surface area contributed by atoms with Crippen LogP contribution in [-0.4, -0.2) is 48.0 Å². The van der Waals surface area contributed by atoms with Crippen LogP contribution in [0.3, 0.4) is 0 Å². The maximum Gasteiger partial charge on any atom is 0.252 e. The largest absolute Gasteiger partial charge is 0.352 e. The van der Waals surface area contributed by atoms with Gasteiger partial charge in [-0.3, -0.25) is 9.48 Å². The molecule has 158 valence electrons. The second-order valence-electron chi connectivity index (χ2n) is 7.06. The van der Waals surface area contributed by atoms with Crippen molar-refractivity contribution in [3.8, 4) is 0 Å². The first kappa shape index (κ1) is 22.1. The van der Waals surface area contributed by atoms with Crippen LogP contribution in [0.4, 0.5) is 0 Å². The van der Waals surface area contributed by atoms with Gasteiger partial charge in [0.2, 0.25) is 10.0 Å². The SMILES string of the molecule is Cc1ccn(CCCNC(=O)c2cc(S(=O)(=O)N3CCCCC3)c(Cl)cc2Cl)n1. The molecule has 1 aromatic heterocycles. The van der Waals surface area contributed by atoms with Crippen molar-refractivity contribution in [1.82, 2.24) is 19.4 Å². The Hall–Kier alpha value is -1.61. The highest BCUT2D eigenvalue weighted by atomic mass is 35.5. The molecule has 1 aromatic carbocycles. The zero-order valence-electron chi connectivity index (χ0n) is 16.2. The zero-order valence-corrected chi connectivity index (χ0v) is 18.5. The summed E-state index contributed by atoms with van der Waals surface area (Å²) < 4.78 is 29.2. The topological polar surface area (TPSA) is 84.3 Å². The van der Waals surface area contributed by atoms with Gasteiger partial charge in [0.1, 0.15) is 4.90 Å². The second-order valence-corrected chi connectivity index (χ2v) is 9.78. The Morgan fingerprint density at radius 3 is 2.55 bits per heavy atom. The van der Waals surface area contributed by atoms with E-state index in [-0.39, 0.29) is 20.5 Å². The molecule has 0 unspecified atom stereocenters. The molecule has 1 aliphatic heterocycles. The molecule has 0 bridgehead atoms. The van der Waals surface area contributed by atoms with Crippen LogP contribution >= 0.6 is 23.2 Å². The van der Waals surface area contributed by atoms with Crippen LogP contribution < -0.4 is 5.32 Å². The molecule has 1 saturated heterocycles. The van der Waals surface area contributed by atoms with E-state index in [4.69, 9.17) is 23.2 Å². The number of hydrogen-bond donors (Lipinski definition) is 1. The van der Waals surface area contributed by atoms with Crippen molar-refractivity contribution in [2.24, 2.45) is 0 Å². The summed E-state index contributed by atoms with van der Waals surface area (Å²) in [5.74, 6) is -0.432. The van der Waals surface area contributed by atoms with E-state index in [0.717, 1.165) is 25.0 Å². The number of aryl methyl sites for hydroxylation is 2. The van der Waals surface area contributed by atoms with Crippen molar-refractivity contribution >= 4 is 39.1 Å². The van der Waals surface area contributed by atoms with Crippen molar-refractivity contribution in [3.63, 3.8) is 0 Å². The van der Waals surface area contributed by atoms with E-state index in [1.165, 1.54) is 16.4 Å². The molecule has 0 radical (unpaired) electrons. The number of piperidine rings is 1. The maximum absolute atomic E-state index is 13.0. The number of carbonyl (C=O) groups is 1. The van der Waals surface area contributed by atoms with E-state index in [1.807, 2.05) is 19.2 Å². The van der Waals surface area contributed by atoms with Crippen molar-refractivity contribution in [2.45, 2.75) is 44.0 Å². The van der Waals surface area contributed by atoms with Gasteiger partial charge in [-0.15, -0.1) is 0 Å². The molecule has 2 heterocycles. The summed E-state index contributed by atoms with van der Waals surface area (Å²) in [6.45, 7) is 3.89. The van der Waals surface area contributed by atoms with E-state index in [1.54, 1.807) is 4.68 Å². The quantitative estimate of drug-likeness (QED) is 0.643. The van der Waals surface area contributed by atoms with E-state index >= 15 is 0 Å². The predicted octanol–water partition coefficient (Wildman–Crippen LogP) is 3.49. The van der Waals surface area contributed by atoms with Crippen LogP contribution in [0.15, 0.2) is 29.3 Å². The number of amides is 1. The van der Waals surface area contributed by atoms with Gasteiger partial charge in [0, 0.05) is 32.4 Å². The van der Waals surface area contributed by atoms with Crippen LogP contribution in [0.5, 0.6) is 0 Å². The first-order chi connectivity index (χ1) is 13.8. The molecule has 0 spiro atoms.